The maximum atomic E-state index is 14.4. The van der Waals surface area contributed by atoms with E-state index >= 15 is 0 Å². The van der Waals surface area contributed by atoms with Crippen molar-refractivity contribution >= 4 is 28.7 Å². The summed E-state index contributed by atoms with van der Waals surface area (Å²) in [7, 11) is 0. The zero-order valence-corrected chi connectivity index (χ0v) is 24.7. The van der Waals surface area contributed by atoms with Gasteiger partial charge in [-0.05, 0) is 67.7 Å². The van der Waals surface area contributed by atoms with E-state index in [-0.39, 0.29) is 35.6 Å². The summed E-state index contributed by atoms with van der Waals surface area (Å²) in [6.45, 7) is 10.3. The van der Waals surface area contributed by atoms with Crippen LogP contribution >= 0.6 is 0 Å². The molecule has 0 saturated heterocycles. The van der Waals surface area contributed by atoms with E-state index in [0.717, 1.165) is 43.7 Å². The monoisotopic (exact) mass is 560 g/mol. The summed E-state index contributed by atoms with van der Waals surface area (Å²) in [5.41, 5.74) is -1.65. The summed E-state index contributed by atoms with van der Waals surface area (Å²) in [6.07, 6.45) is 8.51. The number of rotatable bonds is 6. The van der Waals surface area contributed by atoms with Crippen molar-refractivity contribution in [3.63, 3.8) is 0 Å². The number of unbranched alkanes of at least 4 members (excludes halogenated alkanes) is 1. The Morgan fingerprint density at radius 2 is 1.78 bits per heavy atom. The third-order valence-electron chi connectivity index (χ3n) is 10.0. The number of aliphatic hydroxyl groups excluding tert-OH is 2. The molecule has 0 amide bonds. The van der Waals surface area contributed by atoms with Crippen molar-refractivity contribution in [2.75, 3.05) is 0 Å². The Balaban J connectivity index is 1.72. The summed E-state index contributed by atoms with van der Waals surface area (Å²) in [6, 6.07) is 3.35. The van der Waals surface area contributed by atoms with Gasteiger partial charge in [-0.2, -0.15) is 0 Å². The summed E-state index contributed by atoms with van der Waals surface area (Å²) in [4.78, 5) is 40.6. The van der Waals surface area contributed by atoms with Crippen molar-refractivity contribution < 1.29 is 34.8 Å². The Morgan fingerprint density at radius 3 is 2.39 bits per heavy atom. The zero-order chi connectivity index (χ0) is 30.2. The number of hydrogen-bond donors (Lipinski definition) is 4. The van der Waals surface area contributed by atoms with Crippen LogP contribution in [0, 0.1) is 22.7 Å². The summed E-state index contributed by atoms with van der Waals surface area (Å²) in [5.74, 6) is -5.13. The maximum Gasteiger partial charge on any atom is 0.203 e. The van der Waals surface area contributed by atoms with Crippen molar-refractivity contribution in [2.45, 2.75) is 85.7 Å². The molecule has 41 heavy (non-hydrogen) atoms. The SMILES string of the molecule is CCCCC1=CC=C(c2ccc(O)c3c2C[C@]2(C)C[C@]4(C)C(C(C)C)C(=O)C(C(C)=O)=C(O)[C@]4(O)C(=O)C2=C3O)C1. The molecule has 0 bridgehead atoms. The first-order valence-electron chi connectivity index (χ1n) is 14.6. The Bertz CT molecular complexity index is 1520. The smallest absolute Gasteiger partial charge is 0.203 e. The van der Waals surface area contributed by atoms with Gasteiger partial charge in [-0.25, -0.2) is 0 Å². The second-order valence-corrected chi connectivity index (χ2v) is 13.2. The summed E-state index contributed by atoms with van der Waals surface area (Å²) < 4.78 is 0. The fourth-order valence-corrected chi connectivity index (χ4v) is 8.36. The third kappa shape index (κ3) is 3.84. The molecule has 1 fully saturated rings. The number of ketones is 3. The number of carbonyl (C=O) groups is 3. The quantitative estimate of drug-likeness (QED) is 0.309. The number of aromatic hydroxyl groups is 1. The molecule has 0 heterocycles. The van der Waals surface area contributed by atoms with Gasteiger partial charge in [0.05, 0.1) is 5.56 Å². The molecule has 0 aliphatic heterocycles. The average Bonchev–Trinajstić information content (AvgIpc) is 3.33. The van der Waals surface area contributed by atoms with E-state index in [9.17, 15) is 34.8 Å². The van der Waals surface area contributed by atoms with Gasteiger partial charge in [0.25, 0.3) is 0 Å². The van der Waals surface area contributed by atoms with Gasteiger partial charge < -0.3 is 20.4 Å². The number of benzene rings is 1. The van der Waals surface area contributed by atoms with Crippen molar-refractivity contribution in [1.82, 2.24) is 0 Å². The normalized spacial score (nSPS) is 31.2. The first-order chi connectivity index (χ1) is 19.1. The third-order valence-corrected chi connectivity index (χ3v) is 10.0. The predicted molar refractivity (Wildman–Crippen MR) is 156 cm³/mol. The van der Waals surface area contributed by atoms with E-state index in [0.29, 0.717) is 5.56 Å². The van der Waals surface area contributed by atoms with Crippen LogP contribution in [0.15, 0.2) is 46.8 Å². The van der Waals surface area contributed by atoms with Crippen molar-refractivity contribution in [3.05, 3.63) is 63.5 Å². The van der Waals surface area contributed by atoms with Gasteiger partial charge in [-0.3, -0.25) is 14.4 Å². The number of phenolic OH excluding ortho intramolecular Hbond substituents is 1. The summed E-state index contributed by atoms with van der Waals surface area (Å²) >= 11 is 0. The molecule has 218 valence electrons. The molecule has 7 heteroatoms. The molecule has 4 N–H and O–H groups in total. The predicted octanol–water partition coefficient (Wildman–Crippen LogP) is 6.09. The number of carbonyl (C=O) groups excluding carboxylic acids is 3. The van der Waals surface area contributed by atoms with Gasteiger partial charge in [0, 0.05) is 22.3 Å². The molecule has 1 unspecified atom stereocenters. The molecule has 1 saturated carbocycles. The minimum Gasteiger partial charge on any atom is -0.508 e. The Kier molecular flexibility index (Phi) is 6.77. The molecule has 5 rings (SSSR count). The average molecular weight is 561 g/mol. The molecule has 0 spiro atoms. The van der Waals surface area contributed by atoms with E-state index in [4.69, 9.17) is 0 Å². The van der Waals surface area contributed by atoms with E-state index < -0.39 is 56.8 Å². The van der Waals surface area contributed by atoms with Crippen molar-refractivity contribution in [3.8, 4) is 5.75 Å². The number of hydrogen-bond acceptors (Lipinski definition) is 7. The standard InChI is InChI=1S/C34H40O7/c1-7-8-9-19-10-11-20(14-19)21-12-13-23(36)25-22(21)15-32(5)16-33(6)26(17(2)3)28(37)24(18(4)35)30(39)34(33,41)31(40)27(32)29(25)38/h10-13,17,26,36,38-39,41H,7-9,14-16H2,1-6H3/t26?,32-,33-,34+/m1/s1. The largest absolute Gasteiger partial charge is 0.508 e. The van der Waals surface area contributed by atoms with E-state index in [1.807, 2.05) is 13.0 Å². The highest BCUT2D eigenvalue weighted by Crippen LogP contribution is 2.65. The molecule has 7 nitrogen and oxygen atoms in total. The lowest BCUT2D eigenvalue weighted by molar-refractivity contribution is -0.178. The van der Waals surface area contributed by atoms with Crippen LogP contribution in [0.3, 0.4) is 0 Å². The van der Waals surface area contributed by atoms with Crippen molar-refractivity contribution in [2.24, 2.45) is 22.7 Å². The Labute approximate surface area is 241 Å². The number of fused-ring (bicyclic) bond motifs is 3. The minimum atomic E-state index is -2.60. The van der Waals surface area contributed by atoms with Gasteiger partial charge in [0.1, 0.15) is 22.8 Å². The van der Waals surface area contributed by atoms with Crippen LogP contribution in [0.4, 0.5) is 0 Å². The first-order valence-corrected chi connectivity index (χ1v) is 14.6. The van der Waals surface area contributed by atoms with Crippen LogP contribution in [-0.2, 0) is 20.8 Å². The van der Waals surface area contributed by atoms with Crippen LogP contribution in [-0.4, -0.2) is 43.4 Å². The lowest BCUT2D eigenvalue weighted by Gasteiger charge is -2.59. The van der Waals surface area contributed by atoms with Gasteiger partial charge in [-0.15, -0.1) is 0 Å². The second-order valence-electron chi connectivity index (χ2n) is 13.2. The van der Waals surface area contributed by atoms with Gasteiger partial charge in [0.2, 0.25) is 5.78 Å². The molecule has 1 aromatic carbocycles. The van der Waals surface area contributed by atoms with E-state index in [1.54, 1.807) is 20.8 Å². The zero-order valence-electron chi connectivity index (χ0n) is 24.7. The lowest BCUT2D eigenvalue weighted by atomic mass is 9.43. The molecule has 1 aromatic rings. The fraction of sp³-hybridized carbons (Fsp3) is 0.500. The second kappa shape index (κ2) is 9.55. The van der Waals surface area contributed by atoms with Crippen LogP contribution in [0.2, 0.25) is 0 Å². The molecule has 0 radical (unpaired) electrons. The van der Waals surface area contributed by atoms with Crippen LogP contribution in [0.25, 0.3) is 11.3 Å². The Hall–Kier alpha value is -3.45. The molecule has 0 aromatic heterocycles. The molecule has 4 atom stereocenters. The number of Topliss-reactive ketones (excluding diaryl/α,β-unsaturated/α-hetero) is 3. The number of phenols is 1. The van der Waals surface area contributed by atoms with Crippen LogP contribution in [0.1, 0.15) is 90.3 Å². The van der Waals surface area contributed by atoms with Crippen molar-refractivity contribution in [1.29, 1.82) is 0 Å². The first kappa shape index (κ1) is 29.1. The van der Waals surface area contributed by atoms with Crippen LogP contribution in [0.5, 0.6) is 5.75 Å². The number of allylic oxidation sites excluding steroid dienone is 5. The topological polar surface area (TPSA) is 132 Å². The number of aliphatic hydroxyl groups is 3. The minimum absolute atomic E-state index is 0.0824. The highest BCUT2D eigenvalue weighted by Gasteiger charge is 2.72. The highest BCUT2D eigenvalue weighted by molar-refractivity contribution is 6.24. The van der Waals surface area contributed by atoms with E-state index in [1.165, 1.54) is 11.6 Å². The fourth-order valence-electron chi connectivity index (χ4n) is 8.36. The van der Waals surface area contributed by atoms with Gasteiger partial charge in [0.15, 0.2) is 17.2 Å². The van der Waals surface area contributed by atoms with Gasteiger partial charge >= 0.3 is 0 Å². The highest BCUT2D eigenvalue weighted by atomic mass is 16.3. The molecule has 4 aliphatic carbocycles. The summed E-state index contributed by atoms with van der Waals surface area (Å²) in [5, 5.41) is 46.1. The maximum absolute atomic E-state index is 14.4. The molecular formula is C34H40O7. The van der Waals surface area contributed by atoms with Gasteiger partial charge in [-0.1, -0.05) is 64.8 Å². The molecule has 4 aliphatic rings. The molecular weight excluding hydrogens is 520 g/mol. The lowest BCUT2D eigenvalue weighted by Crippen LogP contribution is -2.69. The van der Waals surface area contributed by atoms with Crippen LogP contribution < -0.4 is 0 Å². The van der Waals surface area contributed by atoms with E-state index in [2.05, 4.69) is 19.1 Å². The Morgan fingerprint density at radius 1 is 1.10 bits per heavy atom.